The number of methoxy groups -OCH3 is 1. The zero-order valence-electron chi connectivity index (χ0n) is 20.2. The topological polar surface area (TPSA) is 49.8 Å². The van der Waals surface area contributed by atoms with Crippen LogP contribution in [0.2, 0.25) is 0 Å². The second kappa shape index (κ2) is 11.5. The summed E-state index contributed by atoms with van der Waals surface area (Å²) in [7, 11) is 1.66. The molecule has 0 bridgehead atoms. The number of carboxylic acid groups (broad SMARTS) is 1. The molecule has 0 aliphatic carbocycles. The molecule has 0 aromatic heterocycles. The van der Waals surface area contributed by atoms with Crippen LogP contribution in [-0.2, 0) is 11.3 Å². The summed E-state index contributed by atoms with van der Waals surface area (Å²) in [6.07, 6.45) is 0.00553. The van der Waals surface area contributed by atoms with Gasteiger partial charge in [-0.25, -0.2) is 0 Å². The maximum Gasteiger partial charge on any atom is 0.305 e. The molecule has 0 spiro atoms. The maximum atomic E-state index is 12.1. The molecule has 0 heterocycles. The predicted octanol–water partition coefficient (Wildman–Crippen LogP) is 7.14. The number of carboxylic acids is 1. The van der Waals surface area contributed by atoms with E-state index in [1.54, 1.807) is 7.11 Å². The molecule has 0 saturated carbocycles. The van der Waals surface area contributed by atoms with E-state index in [0.717, 1.165) is 33.6 Å². The summed E-state index contributed by atoms with van der Waals surface area (Å²) in [4.78, 5) is 14.4. The Kier molecular flexibility index (Phi) is 7.96. The van der Waals surface area contributed by atoms with Crippen molar-refractivity contribution in [1.29, 1.82) is 0 Å². The van der Waals surface area contributed by atoms with Gasteiger partial charge in [0.05, 0.1) is 13.5 Å². The van der Waals surface area contributed by atoms with E-state index in [9.17, 15) is 9.90 Å². The molecule has 0 amide bonds. The van der Waals surface area contributed by atoms with Crippen molar-refractivity contribution in [3.05, 3.63) is 126 Å². The van der Waals surface area contributed by atoms with Crippen molar-refractivity contribution in [2.24, 2.45) is 0 Å². The highest BCUT2D eigenvalue weighted by molar-refractivity contribution is 5.69. The van der Waals surface area contributed by atoms with Gasteiger partial charge in [-0.05, 0) is 52.9 Å². The fourth-order valence-corrected chi connectivity index (χ4v) is 4.55. The number of ether oxygens (including phenoxy) is 1. The van der Waals surface area contributed by atoms with E-state index < -0.39 is 5.97 Å². The van der Waals surface area contributed by atoms with Crippen molar-refractivity contribution >= 4 is 5.97 Å². The molecule has 178 valence electrons. The molecule has 0 radical (unpaired) electrons. The third kappa shape index (κ3) is 6.17. The Morgan fingerprint density at radius 3 is 2.06 bits per heavy atom. The summed E-state index contributed by atoms with van der Waals surface area (Å²) in [5, 5.41) is 9.92. The van der Waals surface area contributed by atoms with Crippen LogP contribution in [-0.4, -0.2) is 23.1 Å². The fourth-order valence-electron chi connectivity index (χ4n) is 4.55. The quantitative estimate of drug-likeness (QED) is 0.270. The summed E-state index contributed by atoms with van der Waals surface area (Å²) in [6.45, 7) is 2.79. The minimum atomic E-state index is -0.819. The average molecular weight is 466 g/mol. The van der Waals surface area contributed by atoms with Crippen LogP contribution in [0.5, 0.6) is 5.75 Å². The van der Waals surface area contributed by atoms with Crippen molar-refractivity contribution in [3.8, 4) is 16.9 Å². The normalized spacial score (nSPS) is 12.8. The summed E-state index contributed by atoms with van der Waals surface area (Å²) in [6, 6.07) is 36.3. The van der Waals surface area contributed by atoms with Gasteiger partial charge < -0.3 is 9.84 Å². The van der Waals surface area contributed by atoms with E-state index >= 15 is 0 Å². The SMILES string of the molecule is COc1cccc(-c2cccc(C(CC(=O)O)N(Cc3ccccc3)[C@H](C)c3ccccc3)c2)c1. The van der Waals surface area contributed by atoms with Gasteiger partial charge in [0, 0.05) is 18.6 Å². The number of hydrogen-bond donors (Lipinski definition) is 1. The van der Waals surface area contributed by atoms with E-state index in [-0.39, 0.29) is 18.5 Å². The van der Waals surface area contributed by atoms with Crippen LogP contribution in [0.25, 0.3) is 11.1 Å². The van der Waals surface area contributed by atoms with Gasteiger partial charge >= 0.3 is 5.97 Å². The number of hydrogen-bond acceptors (Lipinski definition) is 3. The molecule has 1 N–H and O–H groups in total. The Bertz CT molecular complexity index is 1240. The molecular formula is C31H31NO3. The molecule has 1 unspecified atom stereocenters. The van der Waals surface area contributed by atoms with E-state index in [1.165, 1.54) is 0 Å². The Morgan fingerprint density at radius 1 is 0.800 bits per heavy atom. The van der Waals surface area contributed by atoms with Crippen LogP contribution in [0, 0.1) is 0 Å². The molecule has 4 aromatic rings. The number of benzene rings is 4. The number of nitrogens with zero attached hydrogens (tertiary/aromatic N) is 1. The molecular weight excluding hydrogens is 434 g/mol. The fraction of sp³-hybridized carbons (Fsp3) is 0.194. The average Bonchev–Trinajstić information content (AvgIpc) is 2.91. The molecule has 0 aliphatic heterocycles. The third-order valence-electron chi connectivity index (χ3n) is 6.43. The van der Waals surface area contributed by atoms with Crippen LogP contribution >= 0.6 is 0 Å². The molecule has 0 saturated heterocycles. The van der Waals surface area contributed by atoms with Gasteiger partial charge in [0.1, 0.15) is 5.75 Å². The summed E-state index contributed by atoms with van der Waals surface area (Å²) in [5.41, 5.74) is 5.35. The lowest BCUT2D eigenvalue weighted by molar-refractivity contribution is -0.138. The molecule has 0 fully saturated rings. The zero-order valence-corrected chi connectivity index (χ0v) is 20.2. The largest absolute Gasteiger partial charge is 0.497 e. The van der Waals surface area contributed by atoms with Gasteiger partial charge in [-0.15, -0.1) is 0 Å². The second-order valence-corrected chi connectivity index (χ2v) is 8.72. The Morgan fingerprint density at radius 2 is 1.40 bits per heavy atom. The first-order valence-corrected chi connectivity index (χ1v) is 11.9. The summed E-state index contributed by atoms with van der Waals surface area (Å²) >= 11 is 0. The van der Waals surface area contributed by atoms with E-state index in [2.05, 4.69) is 48.2 Å². The summed E-state index contributed by atoms with van der Waals surface area (Å²) in [5.74, 6) is -0.0292. The van der Waals surface area contributed by atoms with E-state index in [0.29, 0.717) is 6.54 Å². The van der Waals surface area contributed by atoms with E-state index in [4.69, 9.17) is 4.74 Å². The molecule has 4 rings (SSSR count). The Balaban J connectivity index is 1.77. The van der Waals surface area contributed by atoms with Gasteiger partial charge in [0.2, 0.25) is 0 Å². The number of aliphatic carboxylic acids is 1. The highest BCUT2D eigenvalue weighted by Crippen LogP contribution is 2.36. The van der Waals surface area contributed by atoms with Gasteiger partial charge in [0.15, 0.2) is 0 Å². The smallest absolute Gasteiger partial charge is 0.305 e. The van der Waals surface area contributed by atoms with Crippen molar-refractivity contribution < 1.29 is 14.6 Å². The predicted molar refractivity (Wildman–Crippen MR) is 140 cm³/mol. The molecule has 35 heavy (non-hydrogen) atoms. The van der Waals surface area contributed by atoms with Crippen molar-refractivity contribution in [2.75, 3.05) is 7.11 Å². The van der Waals surface area contributed by atoms with Gasteiger partial charge in [-0.3, -0.25) is 9.69 Å². The molecule has 4 nitrogen and oxygen atoms in total. The highest BCUT2D eigenvalue weighted by Gasteiger charge is 2.28. The standard InChI is InChI=1S/C31H31NO3/c1-23(25-13-7-4-8-14-25)32(22-24-11-5-3-6-12-24)30(21-31(33)34)28-17-9-15-26(19-28)27-16-10-18-29(20-27)35-2/h3-20,23,30H,21-22H2,1-2H3,(H,33,34)/t23-,30?/m1/s1. The maximum absolute atomic E-state index is 12.1. The van der Waals surface area contributed by atoms with Gasteiger partial charge in [0.25, 0.3) is 0 Å². The van der Waals surface area contributed by atoms with Crippen LogP contribution < -0.4 is 4.74 Å². The summed E-state index contributed by atoms with van der Waals surface area (Å²) < 4.78 is 5.41. The van der Waals surface area contributed by atoms with Crippen molar-refractivity contribution in [1.82, 2.24) is 4.90 Å². The first kappa shape index (κ1) is 24.2. The third-order valence-corrected chi connectivity index (χ3v) is 6.43. The minimum absolute atomic E-state index is 0.00553. The zero-order chi connectivity index (χ0) is 24.6. The highest BCUT2D eigenvalue weighted by atomic mass is 16.5. The first-order valence-electron chi connectivity index (χ1n) is 11.9. The van der Waals surface area contributed by atoms with Crippen LogP contribution in [0.4, 0.5) is 0 Å². The lowest BCUT2D eigenvalue weighted by atomic mass is 9.94. The number of carbonyl (C=O) groups is 1. The minimum Gasteiger partial charge on any atom is -0.497 e. The second-order valence-electron chi connectivity index (χ2n) is 8.72. The lowest BCUT2D eigenvalue weighted by Gasteiger charge is -2.37. The Labute approximate surface area is 207 Å². The van der Waals surface area contributed by atoms with Gasteiger partial charge in [-0.2, -0.15) is 0 Å². The van der Waals surface area contributed by atoms with Crippen LogP contribution in [0.1, 0.15) is 42.1 Å². The van der Waals surface area contributed by atoms with Gasteiger partial charge in [-0.1, -0.05) is 91.0 Å². The monoisotopic (exact) mass is 465 g/mol. The number of rotatable bonds is 10. The molecule has 4 aromatic carbocycles. The van der Waals surface area contributed by atoms with Crippen LogP contribution in [0.15, 0.2) is 109 Å². The molecule has 2 atom stereocenters. The van der Waals surface area contributed by atoms with E-state index in [1.807, 2.05) is 72.8 Å². The van der Waals surface area contributed by atoms with Crippen molar-refractivity contribution in [2.45, 2.75) is 32.0 Å². The Hall–Kier alpha value is -3.89. The van der Waals surface area contributed by atoms with Crippen LogP contribution in [0.3, 0.4) is 0 Å². The molecule has 4 heteroatoms. The van der Waals surface area contributed by atoms with Crippen molar-refractivity contribution in [3.63, 3.8) is 0 Å². The first-order chi connectivity index (χ1) is 17.0. The molecule has 0 aliphatic rings. The lowest BCUT2D eigenvalue weighted by Crippen LogP contribution is -2.32.